The van der Waals surface area contributed by atoms with Crippen LogP contribution in [0.3, 0.4) is 0 Å². The van der Waals surface area contributed by atoms with Crippen molar-refractivity contribution >= 4 is 11.6 Å². The van der Waals surface area contributed by atoms with E-state index in [-0.39, 0.29) is 11.7 Å². The van der Waals surface area contributed by atoms with Crippen molar-refractivity contribution < 1.29 is 14.3 Å². The van der Waals surface area contributed by atoms with E-state index < -0.39 is 11.7 Å². The van der Waals surface area contributed by atoms with E-state index in [2.05, 4.69) is 6.92 Å². The highest BCUT2D eigenvalue weighted by molar-refractivity contribution is 6.07. The van der Waals surface area contributed by atoms with Crippen LogP contribution in [0.1, 0.15) is 43.2 Å². The molecule has 3 nitrogen and oxygen atoms in total. The molecule has 0 aliphatic carbocycles. The molecular weight excluding hydrogens is 293 g/mol. The van der Waals surface area contributed by atoms with Crippen LogP contribution in [0.2, 0.25) is 0 Å². The van der Waals surface area contributed by atoms with Gasteiger partial charge < -0.3 is 10.0 Å². The molecule has 1 unspecified atom stereocenters. The quantitative estimate of drug-likeness (QED) is 0.840. The predicted octanol–water partition coefficient (Wildman–Crippen LogP) is 4.20. The van der Waals surface area contributed by atoms with Gasteiger partial charge in [0, 0.05) is 17.8 Å². The summed E-state index contributed by atoms with van der Waals surface area (Å²) in [4.78, 5) is 14.7. The zero-order valence-electron chi connectivity index (χ0n) is 13.1. The molecule has 4 heteroatoms. The number of anilines is 1. The van der Waals surface area contributed by atoms with Crippen molar-refractivity contribution in [2.24, 2.45) is 0 Å². The van der Waals surface area contributed by atoms with Gasteiger partial charge in [0.1, 0.15) is 11.6 Å². The number of rotatable bonds is 5. The van der Waals surface area contributed by atoms with Gasteiger partial charge in [0.25, 0.3) is 0 Å². The lowest BCUT2D eigenvalue weighted by molar-refractivity contribution is -0.118. The van der Waals surface area contributed by atoms with Gasteiger partial charge in [0.05, 0.1) is 5.92 Å². The van der Waals surface area contributed by atoms with E-state index in [4.69, 9.17) is 0 Å². The number of hydrogen-bond acceptors (Lipinski definition) is 2. The van der Waals surface area contributed by atoms with Crippen LogP contribution in [0.25, 0.3) is 0 Å². The fourth-order valence-electron chi connectivity index (χ4n) is 3.19. The first-order chi connectivity index (χ1) is 11.1. The number of para-hydroxylation sites is 1. The number of amides is 1. The SMILES string of the molecule is CCCCCN1C(=O)C(c2cc(F)ccc2O)c2ccccc21. The Labute approximate surface area is 135 Å². The fraction of sp³-hybridized carbons (Fsp3) is 0.316. The van der Waals surface area contributed by atoms with E-state index in [0.717, 1.165) is 30.5 Å². The third kappa shape index (κ3) is 2.81. The number of aromatic hydroxyl groups is 1. The number of hydrogen-bond donors (Lipinski definition) is 1. The lowest BCUT2D eigenvalue weighted by Gasteiger charge is -2.18. The van der Waals surface area contributed by atoms with Gasteiger partial charge in [-0.05, 0) is 36.2 Å². The molecule has 0 spiro atoms. The molecule has 0 aromatic heterocycles. The maximum absolute atomic E-state index is 13.6. The van der Waals surface area contributed by atoms with Crippen LogP contribution in [0.4, 0.5) is 10.1 Å². The number of unbranched alkanes of at least 4 members (excludes halogenated alkanes) is 2. The molecule has 0 saturated heterocycles. The minimum atomic E-state index is -0.636. The highest BCUT2D eigenvalue weighted by Gasteiger charge is 2.39. The van der Waals surface area contributed by atoms with E-state index in [1.165, 1.54) is 18.2 Å². The zero-order chi connectivity index (χ0) is 16.4. The lowest BCUT2D eigenvalue weighted by atomic mass is 9.92. The molecule has 0 saturated carbocycles. The fourth-order valence-corrected chi connectivity index (χ4v) is 3.19. The number of halogens is 1. The van der Waals surface area contributed by atoms with E-state index in [1.807, 2.05) is 24.3 Å². The van der Waals surface area contributed by atoms with Crippen molar-refractivity contribution in [2.45, 2.75) is 32.1 Å². The van der Waals surface area contributed by atoms with E-state index in [1.54, 1.807) is 4.90 Å². The van der Waals surface area contributed by atoms with Crippen LogP contribution in [-0.2, 0) is 4.79 Å². The molecule has 1 aliphatic heterocycles. The normalized spacial score (nSPS) is 16.7. The number of benzene rings is 2. The number of phenolic OH excluding ortho intramolecular Hbond substituents is 1. The number of fused-ring (bicyclic) bond motifs is 1. The monoisotopic (exact) mass is 313 g/mol. The van der Waals surface area contributed by atoms with Crippen LogP contribution >= 0.6 is 0 Å². The second-order valence-electron chi connectivity index (χ2n) is 5.89. The molecule has 1 amide bonds. The average molecular weight is 313 g/mol. The van der Waals surface area contributed by atoms with Gasteiger partial charge >= 0.3 is 0 Å². The van der Waals surface area contributed by atoms with E-state index in [0.29, 0.717) is 12.1 Å². The van der Waals surface area contributed by atoms with Crippen molar-refractivity contribution in [1.82, 2.24) is 0 Å². The molecule has 23 heavy (non-hydrogen) atoms. The largest absolute Gasteiger partial charge is 0.508 e. The summed E-state index contributed by atoms with van der Waals surface area (Å²) in [5.41, 5.74) is 2.03. The number of phenols is 1. The minimum Gasteiger partial charge on any atom is -0.508 e. The maximum atomic E-state index is 13.6. The van der Waals surface area contributed by atoms with Gasteiger partial charge in [-0.15, -0.1) is 0 Å². The van der Waals surface area contributed by atoms with Crippen molar-refractivity contribution in [3.63, 3.8) is 0 Å². The first kappa shape index (κ1) is 15.5. The van der Waals surface area contributed by atoms with Crippen LogP contribution in [-0.4, -0.2) is 17.6 Å². The van der Waals surface area contributed by atoms with E-state index in [9.17, 15) is 14.3 Å². The summed E-state index contributed by atoms with van der Waals surface area (Å²) in [5, 5.41) is 10.1. The second kappa shape index (κ2) is 6.41. The van der Waals surface area contributed by atoms with Crippen LogP contribution in [0.5, 0.6) is 5.75 Å². The summed E-state index contributed by atoms with van der Waals surface area (Å²) in [7, 11) is 0. The molecule has 0 fully saturated rings. The molecule has 1 N–H and O–H groups in total. The van der Waals surface area contributed by atoms with Gasteiger partial charge in [-0.1, -0.05) is 38.0 Å². The first-order valence-electron chi connectivity index (χ1n) is 8.02. The lowest BCUT2D eigenvalue weighted by Crippen LogP contribution is -2.30. The molecular formula is C19H20FNO2. The Morgan fingerprint density at radius 3 is 2.70 bits per heavy atom. The highest BCUT2D eigenvalue weighted by atomic mass is 19.1. The van der Waals surface area contributed by atoms with Crippen molar-refractivity contribution in [3.8, 4) is 5.75 Å². The standard InChI is InChI=1S/C19H20FNO2/c1-2-3-6-11-21-16-8-5-4-7-14(16)18(19(21)23)15-12-13(20)9-10-17(15)22/h4-5,7-10,12,18,22H,2-3,6,11H2,1H3. The molecule has 120 valence electrons. The molecule has 0 radical (unpaired) electrons. The Hall–Kier alpha value is -2.36. The molecule has 1 atom stereocenters. The summed E-state index contributed by atoms with van der Waals surface area (Å²) < 4.78 is 13.6. The Bertz CT molecular complexity index is 729. The molecule has 1 aliphatic rings. The van der Waals surface area contributed by atoms with E-state index >= 15 is 0 Å². The van der Waals surface area contributed by atoms with Crippen molar-refractivity contribution in [3.05, 3.63) is 59.4 Å². The smallest absolute Gasteiger partial charge is 0.239 e. The molecule has 1 heterocycles. The number of carbonyl (C=O) groups excluding carboxylic acids is 1. The average Bonchev–Trinajstić information content (AvgIpc) is 2.82. The third-order valence-electron chi connectivity index (χ3n) is 4.34. The van der Waals surface area contributed by atoms with Gasteiger partial charge in [-0.3, -0.25) is 4.79 Å². The van der Waals surface area contributed by atoms with Crippen LogP contribution in [0.15, 0.2) is 42.5 Å². The van der Waals surface area contributed by atoms with Crippen LogP contribution < -0.4 is 4.90 Å². The van der Waals surface area contributed by atoms with Gasteiger partial charge in [0.2, 0.25) is 5.91 Å². The Morgan fingerprint density at radius 1 is 1.13 bits per heavy atom. The van der Waals surface area contributed by atoms with Crippen molar-refractivity contribution in [2.75, 3.05) is 11.4 Å². The summed E-state index contributed by atoms with van der Waals surface area (Å²) in [5.74, 6) is -1.23. The third-order valence-corrected chi connectivity index (χ3v) is 4.34. The molecule has 2 aromatic rings. The van der Waals surface area contributed by atoms with Crippen molar-refractivity contribution in [1.29, 1.82) is 0 Å². The Balaban J connectivity index is 2.01. The van der Waals surface area contributed by atoms with Gasteiger partial charge in [-0.2, -0.15) is 0 Å². The second-order valence-corrected chi connectivity index (χ2v) is 5.89. The molecule has 2 aromatic carbocycles. The highest BCUT2D eigenvalue weighted by Crippen LogP contribution is 2.43. The maximum Gasteiger partial charge on any atom is 0.239 e. The van der Waals surface area contributed by atoms with Gasteiger partial charge in [0.15, 0.2) is 0 Å². The predicted molar refractivity (Wildman–Crippen MR) is 88.2 cm³/mol. The minimum absolute atomic E-state index is 0.0463. The summed E-state index contributed by atoms with van der Waals surface area (Å²) in [6.07, 6.45) is 3.07. The zero-order valence-corrected chi connectivity index (χ0v) is 13.1. The number of carbonyl (C=O) groups is 1. The topological polar surface area (TPSA) is 40.5 Å². The number of nitrogens with zero attached hydrogens (tertiary/aromatic N) is 1. The summed E-state index contributed by atoms with van der Waals surface area (Å²) in [6.45, 7) is 2.77. The van der Waals surface area contributed by atoms with Gasteiger partial charge in [-0.25, -0.2) is 4.39 Å². The molecule has 3 rings (SSSR count). The summed E-state index contributed by atoms with van der Waals surface area (Å²) in [6, 6.07) is 11.3. The summed E-state index contributed by atoms with van der Waals surface area (Å²) >= 11 is 0. The first-order valence-corrected chi connectivity index (χ1v) is 8.02. The molecule has 0 bridgehead atoms. The Morgan fingerprint density at radius 2 is 1.91 bits per heavy atom. The Kier molecular flexibility index (Phi) is 4.33. The van der Waals surface area contributed by atoms with Crippen LogP contribution in [0, 0.1) is 5.82 Å².